The molecule has 1 unspecified atom stereocenters. The zero-order valence-corrected chi connectivity index (χ0v) is 13.4. The molecule has 0 aromatic heterocycles. The molecular weight excluding hydrogens is 367 g/mol. The molecule has 0 fully saturated rings. The van der Waals surface area contributed by atoms with Crippen molar-refractivity contribution in [1.82, 2.24) is 5.32 Å². The minimum absolute atomic E-state index is 0.224. The Hall–Kier alpha value is -1.04. The Kier molecular flexibility index (Phi) is 4.96. The van der Waals surface area contributed by atoms with Crippen LogP contribution in [0.3, 0.4) is 0 Å². The summed E-state index contributed by atoms with van der Waals surface area (Å²) in [6.07, 6.45) is -4.32. The molecule has 0 aliphatic heterocycles. The molecule has 0 aliphatic carbocycles. The first-order chi connectivity index (χ1) is 9.82. The van der Waals surface area contributed by atoms with Crippen LogP contribution in [0.15, 0.2) is 46.9 Å². The fourth-order valence-corrected chi connectivity index (χ4v) is 2.52. The molecule has 0 heterocycles. The molecule has 1 N–H and O–H groups in total. The first-order valence-electron chi connectivity index (χ1n) is 6.12. The van der Waals surface area contributed by atoms with Crippen molar-refractivity contribution in [2.75, 3.05) is 7.05 Å². The largest absolute Gasteiger partial charge is 0.416 e. The van der Waals surface area contributed by atoms with Gasteiger partial charge in [-0.05, 0) is 58.4 Å². The molecule has 0 saturated heterocycles. The van der Waals surface area contributed by atoms with Crippen molar-refractivity contribution in [2.45, 2.75) is 12.2 Å². The van der Waals surface area contributed by atoms with Crippen molar-refractivity contribution in [1.29, 1.82) is 0 Å². The second-order valence-electron chi connectivity index (χ2n) is 4.52. The number of halogens is 5. The number of alkyl halides is 3. The number of hydrogen-bond donors (Lipinski definition) is 1. The van der Waals surface area contributed by atoms with Crippen LogP contribution < -0.4 is 5.32 Å². The van der Waals surface area contributed by atoms with Gasteiger partial charge in [-0.3, -0.25) is 0 Å². The third-order valence-corrected chi connectivity index (χ3v) is 4.37. The molecule has 6 heteroatoms. The minimum atomic E-state index is -4.32. The smallest absolute Gasteiger partial charge is 0.309 e. The third-order valence-electron chi connectivity index (χ3n) is 3.14. The lowest BCUT2D eigenvalue weighted by molar-refractivity contribution is -0.137. The van der Waals surface area contributed by atoms with Crippen molar-refractivity contribution in [3.63, 3.8) is 0 Å². The maximum atomic E-state index is 12.6. The third kappa shape index (κ3) is 3.78. The number of benzene rings is 2. The summed E-state index contributed by atoms with van der Waals surface area (Å²) in [6, 6.07) is 10.4. The monoisotopic (exact) mass is 377 g/mol. The number of hydrogen-bond acceptors (Lipinski definition) is 1. The van der Waals surface area contributed by atoms with Crippen LogP contribution in [0.4, 0.5) is 13.2 Å². The van der Waals surface area contributed by atoms with E-state index in [0.29, 0.717) is 5.02 Å². The Bertz CT molecular complexity index is 626. The fraction of sp³-hybridized carbons (Fsp3) is 0.200. The summed E-state index contributed by atoms with van der Waals surface area (Å²) in [5, 5.41) is 3.64. The molecular formula is C15H12BrClF3N. The van der Waals surface area contributed by atoms with E-state index < -0.39 is 11.7 Å². The van der Waals surface area contributed by atoms with Gasteiger partial charge in [0.1, 0.15) is 0 Å². The predicted octanol–water partition coefficient (Wildman–Crippen LogP) is 5.43. The summed E-state index contributed by atoms with van der Waals surface area (Å²) in [4.78, 5) is 0. The Balaban J connectivity index is 2.35. The molecule has 2 rings (SSSR count). The lowest BCUT2D eigenvalue weighted by atomic mass is 9.98. The van der Waals surface area contributed by atoms with Crippen molar-refractivity contribution in [3.8, 4) is 0 Å². The van der Waals surface area contributed by atoms with E-state index in [9.17, 15) is 13.2 Å². The first-order valence-corrected chi connectivity index (χ1v) is 7.29. The first kappa shape index (κ1) is 16.3. The zero-order valence-electron chi connectivity index (χ0n) is 11.0. The zero-order chi connectivity index (χ0) is 15.6. The highest BCUT2D eigenvalue weighted by Crippen LogP contribution is 2.32. The van der Waals surface area contributed by atoms with Gasteiger partial charge >= 0.3 is 6.18 Å². The van der Waals surface area contributed by atoms with E-state index in [1.165, 1.54) is 12.1 Å². The van der Waals surface area contributed by atoms with Gasteiger partial charge in [-0.2, -0.15) is 13.2 Å². The highest BCUT2D eigenvalue weighted by Gasteiger charge is 2.30. The predicted molar refractivity (Wildman–Crippen MR) is 81.5 cm³/mol. The molecule has 0 aliphatic rings. The molecule has 2 aromatic rings. The summed E-state index contributed by atoms with van der Waals surface area (Å²) in [5.41, 5.74) is 0.962. The molecule has 0 amide bonds. The van der Waals surface area contributed by atoms with Crippen LogP contribution in [-0.4, -0.2) is 7.05 Å². The normalized spacial score (nSPS) is 13.2. The van der Waals surface area contributed by atoms with Crippen LogP contribution in [0.2, 0.25) is 5.02 Å². The second kappa shape index (κ2) is 6.38. The van der Waals surface area contributed by atoms with Gasteiger partial charge in [0.25, 0.3) is 0 Å². The molecule has 0 bridgehead atoms. The van der Waals surface area contributed by atoms with Crippen LogP contribution in [0.5, 0.6) is 0 Å². The van der Waals surface area contributed by atoms with Crippen molar-refractivity contribution in [3.05, 3.63) is 68.7 Å². The summed E-state index contributed by atoms with van der Waals surface area (Å²) >= 11 is 9.37. The lowest BCUT2D eigenvalue weighted by Gasteiger charge is -2.18. The summed E-state index contributed by atoms with van der Waals surface area (Å²) in [7, 11) is 1.75. The Morgan fingerprint density at radius 1 is 1.05 bits per heavy atom. The lowest BCUT2D eigenvalue weighted by Crippen LogP contribution is -2.18. The van der Waals surface area contributed by atoms with Gasteiger partial charge in [-0.1, -0.05) is 29.8 Å². The standard InChI is InChI=1S/C15H12BrClF3N/c1-21-14(10-4-7-12(16)13(17)8-10)9-2-5-11(6-3-9)15(18,19)20/h2-8,14,21H,1H3. The van der Waals surface area contributed by atoms with Gasteiger partial charge in [0.05, 0.1) is 16.6 Å². The summed E-state index contributed by atoms with van der Waals surface area (Å²) in [5.74, 6) is 0. The van der Waals surface area contributed by atoms with E-state index in [4.69, 9.17) is 11.6 Å². The Morgan fingerprint density at radius 3 is 2.10 bits per heavy atom. The second-order valence-corrected chi connectivity index (χ2v) is 5.78. The molecule has 1 atom stereocenters. The maximum Gasteiger partial charge on any atom is 0.416 e. The van der Waals surface area contributed by atoms with E-state index in [1.807, 2.05) is 12.1 Å². The number of nitrogens with one attached hydrogen (secondary N) is 1. The van der Waals surface area contributed by atoms with E-state index in [2.05, 4.69) is 21.2 Å². The fourth-order valence-electron chi connectivity index (χ4n) is 2.08. The molecule has 0 radical (unpaired) electrons. The Morgan fingerprint density at radius 2 is 1.62 bits per heavy atom. The van der Waals surface area contributed by atoms with Crippen LogP contribution in [0.25, 0.3) is 0 Å². The van der Waals surface area contributed by atoms with Crippen LogP contribution in [0, 0.1) is 0 Å². The van der Waals surface area contributed by atoms with Crippen LogP contribution >= 0.6 is 27.5 Å². The molecule has 0 saturated carbocycles. The topological polar surface area (TPSA) is 12.0 Å². The van der Waals surface area contributed by atoms with Gasteiger partial charge in [-0.15, -0.1) is 0 Å². The van der Waals surface area contributed by atoms with Gasteiger partial charge in [0.15, 0.2) is 0 Å². The van der Waals surface area contributed by atoms with Crippen LogP contribution in [-0.2, 0) is 6.18 Å². The van der Waals surface area contributed by atoms with E-state index in [0.717, 1.165) is 27.7 Å². The molecule has 1 nitrogen and oxygen atoms in total. The maximum absolute atomic E-state index is 12.6. The molecule has 2 aromatic carbocycles. The summed E-state index contributed by atoms with van der Waals surface area (Å²) in [6.45, 7) is 0. The summed E-state index contributed by atoms with van der Waals surface area (Å²) < 4.78 is 38.5. The quantitative estimate of drug-likeness (QED) is 0.751. The van der Waals surface area contributed by atoms with E-state index >= 15 is 0 Å². The van der Waals surface area contributed by atoms with Gasteiger partial charge in [0, 0.05) is 4.47 Å². The SMILES string of the molecule is CNC(c1ccc(C(F)(F)F)cc1)c1ccc(Br)c(Cl)c1. The highest BCUT2D eigenvalue weighted by atomic mass is 79.9. The minimum Gasteiger partial charge on any atom is -0.309 e. The van der Waals surface area contributed by atoms with Gasteiger partial charge < -0.3 is 5.32 Å². The average Bonchev–Trinajstić information content (AvgIpc) is 2.43. The highest BCUT2D eigenvalue weighted by molar-refractivity contribution is 9.10. The van der Waals surface area contributed by atoms with E-state index in [-0.39, 0.29) is 6.04 Å². The molecule has 21 heavy (non-hydrogen) atoms. The average molecular weight is 379 g/mol. The molecule has 112 valence electrons. The van der Waals surface area contributed by atoms with Gasteiger partial charge in [0.2, 0.25) is 0 Å². The molecule has 0 spiro atoms. The van der Waals surface area contributed by atoms with Crippen molar-refractivity contribution < 1.29 is 13.2 Å². The van der Waals surface area contributed by atoms with Crippen molar-refractivity contribution >= 4 is 27.5 Å². The number of rotatable bonds is 3. The van der Waals surface area contributed by atoms with E-state index in [1.54, 1.807) is 13.1 Å². The van der Waals surface area contributed by atoms with Crippen molar-refractivity contribution in [2.24, 2.45) is 0 Å². The van der Waals surface area contributed by atoms with Gasteiger partial charge in [-0.25, -0.2) is 0 Å². The Labute approximate surface area is 134 Å². The van der Waals surface area contributed by atoms with Crippen LogP contribution in [0.1, 0.15) is 22.7 Å².